The number of carbonyl (C=O) groups is 3. The van der Waals surface area contributed by atoms with Gasteiger partial charge in [0.15, 0.2) is 0 Å². The van der Waals surface area contributed by atoms with Gasteiger partial charge in [-0.15, -0.1) is 0 Å². The fourth-order valence-corrected chi connectivity index (χ4v) is 3.39. The van der Waals surface area contributed by atoms with E-state index >= 15 is 0 Å². The predicted molar refractivity (Wildman–Crippen MR) is 102 cm³/mol. The predicted octanol–water partition coefficient (Wildman–Crippen LogP) is 3.56. The van der Waals surface area contributed by atoms with E-state index in [0.717, 1.165) is 22.4 Å². The van der Waals surface area contributed by atoms with Gasteiger partial charge in [-0.2, -0.15) is 0 Å². The van der Waals surface area contributed by atoms with Crippen LogP contribution in [-0.2, 0) is 9.59 Å². The van der Waals surface area contributed by atoms with Crippen LogP contribution < -0.4 is 10.2 Å². The number of rotatable bonds is 4. The summed E-state index contributed by atoms with van der Waals surface area (Å²) in [4.78, 5) is 39.2. The minimum atomic E-state index is -0.741. The van der Waals surface area contributed by atoms with Crippen molar-refractivity contribution in [1.29, 1.82) is 0 Å². The van der Waals surface area contributed by atoms with Crippen LogP contribution in [0.2, 0.25) is 0 Å². The SMILES string of the molecule is CCC(C(=O)Nc1c(C)cccc1C)N1C(=O)C(=O)c2cc(C)ccc21. The lowest BCUT2D eigenvalue weighted by Crippen LogP contribution is -2.46. The van der Waals surface area contributed by atoms with Crippen LogP contribution in [0.4, 0.5) is 11.4 Å². The third-order valence-electron chi connectivity index (χ3n) is 4.80. The van der Waals surface area contributed by atoms with Gasteiger partial charge in [-0.3, -0.25) is 19.3 Å². The summed E-state index contributed by atoms with van der Waals surface area (Å²) in [6, 6.07) is 10.3. The molecule has 1 unspecified atom stereocenters. The van der Waals surface area contributed by atoms with E-state index in [1.165, 1.54) is 4.90 Å². The minimum Gasteiger partial charge on any atom is -0.324 e. The molecule has 3 rings (SSSR count). The number of ketones is 1. The lowest BCUT2D eigenvalue weighted by molar-refractivity contribution is -0.121. The van der Waals surface area contributed by atoms with Gasteiger partial charge in [0.1, 0.15) is 6.04 Å². The molecule has 0 spiro atoms. The quantitative estimate of drug-likeness (QED) is 0.858. The molecule has 2 aromatic carbocycles. The lowest BCUT2D eigenvalue weighted by atomic mass is 10.1. The number of fused-ring (bicyclic) bond motifs is 1. The molecule has 0 fully saturated rings. The van der Waals surface area contributed by atoms with Crippen LogP contribution in [-0.4, -0.2) is 23.6 Å². The van der Waals surface area contributed by atoms with Crippen LogP contribution in [0.3, 0.4) is 0 Å². The van der Waals surface area contributed by atoms with Gasteiger partial charge in [0.05, 0.1) is 11.3 Å². The molecule has 26 heavy (non-hydrogen) atoms. The number of hydrogen-bond acceptors (Lipinski definition) is 3. The van der Waals surface area contributed by atoms with E-state index in [4.69, 9.17) is 0 Å². The van der Waals surface area contributed by atoms with Gasteiger partial charge >= 0.3 is 0 Å². The van der Waals surface area contributed by atoms with Crippen LogP contribution in [0.15, 0.2) is 36.4 Å². The third-order valence-corrected chi connectivity index (χ3v) is 4.80. The van der Waals surface area contributed by atoms with Crippen LogP contribution in [0.25, 0.3) is 0 Å². The molecule has 0 saturated heterocycles. The zero-order valence-electron chi connectivity index (χ0n) is 15.4. The molecular weight excluding hydrogens is 328 g/mol. The van der Waals surface area contributed by atoms with E-state index in [2.05, 4.69) is 5.32 Å². The Morgan fingerprint density at radius 2 is 1.73 bits per heavy atom. The largest absolute Gasteiger partial charge is 0.324 e. The van der Waals surface area contributed by atoms with Gasteiger partial charge in [0.2, 0.25) is 5.91 Å². The molecule has 0 aliphatic carbocycles. The zero-order valence-corrected chi connectivity index (χ0v) is 15.4. The maximum absolute atomic E-state index is 12.9. The number of carbonyl (C=O) groups excluding carboxylic acids is 3. The van der Waals surface area contributed by atoms with E-state index in [0.29, 0.717) is 17.7 Å². The van der Waals surface area contributed by atoms with Crippen LogP contribution in [0, 0.1) is 20.8 Å². The number of para-hydroxylation sites is 1. The van der Waals surface area contributed by atoms with Gasteiger partial charge in [-0.05, 0) is 50.5 Å². The number of nitrogens with zero attached hydrogens (tertiary/aromatic N) is 1. The monoisotopic (exact) mass is 350 g/mol. The summed E-state index contributed by atoms with van der Waals surface area (Å²) in [7, 11) is 0. The molecule has 0 aromatic heterocycles. The van der Waals surface area contributed by atoms with E-state index in [1.807, 2.05) is 52.0 Å². The van der Waals surface area contributed by atoms with E-state index in [9.17, 15) is 14.4 Å². The maximum atomic E-state index is 12.9. The maximum Gasteiger partial charge on any atom is 0.300 e. The molecule has 1 aliphatic rings. The highest BCUT2D eigenvalue weighted by Crippen LogP contribution is 2.33. The Kier molecular flexibility index (Phi) is 4.64. The third kappa shape index (κ3) is 2.90. The average molecular weight is 350 g/mol. The van der Waals surface area contributed by atoms with Crippen molar-refractivity contribution in [2.24, 2.45) is 0 Å². The van der Waals surface area contributed by atoms with Gasteiger partial charge in [-0.1, -0.05) is 36.8 Å². The van der Waals surface area contributed by atoms with Crippen molar-refractivity contribution in [1.82, 2.24) is 0 Å². The second-order valence-corrected chi connectivity index (χ2v) is 6.70. The number of Topliss-reactive ketones (excluding diaryl/α,β-unsaturated/α-hetero) is 1. The first-order valence-corrected chi connectivity index (χ1v) is 8.70. The van der Waals surface area contributed by atoms with Crippen molar-refractivity contribution in [2.75, 3.05) is 10.2 Å². The summed E-state index contributed by atoms with van der Waals surface area (Å²) >= 11 is 0. The summed E-state index contributed by atoms with van der Waals surface area (Å²) in [6.45, 7) is 7.54. The topological polar surface area (TPSA) is 66.5 Å². The Hall–Kier alpha value is -2.95. The number of amides is 2. The van der Waals surface area contributed by atoms with Gasteiger partial charge in [0, 0.05) is 5.69 Å². The van der Waals surface area contributed by atoms with Crippen molar-refractivity contribution in [3.05, 3.63) is 58.7 Å². The average Bonchev–Trinajstić information content (AvgIpc) is 2.84. The van der Waals surface area contributed by atoms with Gasteiger partial charge in [-0.25, -0.2) is 0 Å². The number of hydrogen-bond donors (Lipinski definition) is 1. The molecule has 5 heteroatoms. The second kappa shape index (κ2) is 6.75. The molecular formula is C21H22N2O3. The van der Waals surface area contributed by atoms with Crippen LogP contribution in [0.1, 0.15) is 40.4 Å². The Morgan fingerprint density at radius 3 is 2.35 bits per heavy atom. The highest BCUT2D eigenvalue weighted by atomic mass is 16.2. The molecule has 2 amide bonds. The molecule has 1 atom stereocenters. The fourth-order valence-electron chi connectivity index (χ4n) is 3.39. The first-order valence-electron chi connectivity index (χ1n) is 8.70. The molecule has 0 bridgehead atoms. The van der Waals surface area contributed by atoms with E-state index in [1.54, 1.807) is 12.1 Å². The Labute approximate surface area is 153 Å². The Bertz CT molecular complexity index is 897. The normalized spacial score (nSPS) is 14.4. The summed E-state index contributed by atoms with van der Waals surface area (Å²) in [5.74, 6) is -1.49. The Morgan fingerprint density at radius 1 is 1.08 bits per heavy atom. The van der Waals surface area contributed by atoms with Gasteiger partial charge < -0.3 is 5.32 Å². The molecule has 0 radical (unpaired) electrons. The summed E-state index contributed by atoms with van der Waals surface area (Å²) < 4.78 is 0. The summed E-state index contributed by atoms with van der Waals surface area (Å²) in [5.41, 5.74) is 4.43. The van der Waals surface area contributed by atoms with Crippen molar-refractivity contribution >= 4 is 29.0 Å². The molecule has 1 N–H and O–H groups in total. The fraction of sp³-hybridized carbons (Fsp3) is 0.286. The minimum absolute atomic E-state index is 0.292. The standard InChI is InChI=1S/C21H22N2O3/c1-5-16(20(25)22-18-13(3)7-6-8-14(18)4)23-17-10-9-12(2)11-15(17)19(24)21(23)26/h6-11,16H,5H2,1-4H3,(H,22,25). The van der Waals surface area contributed by atoms with Crippen molar-refractivity contribution in [3.63, 3.8) is 0 Å². The van der Waals surface area contributed by atoms with E-state index < -0.39 is 17.7 Å². The molecule has 134 valence electrons. The van der Waals surface area contributed by atoms with Crippen molar-refractivity contribution in [2.45, 2.75) is 40.2 Å². The number of nitrogens with one attached hydrogen (secondary N) is 1. The molecule has 5 nitrogen and oxygen atoms in total. The lowest BCUT2D eigenvalue weighted by Gasteiger charge is -2.26. The smallest absolute Gasteiger partial charge is 0.300 e. The van der Waals surface area contributed by atoms with Crippen molar-refractivity contribution in [3.8, 4) is 0 Å². The second-order valence-electron chi connectivity index (χ2n) is 6.70. The summed E-state index contributed by atoms with van der Waals surface area (Å²) in [6.07, 6.45) is 0.406. The van der Waals surface area contributed by atoms with Gasteiger partial charge in [0.25, 0.3) is 11.7 Å². The summed E-state index contributed by atoms with van der Waals surface area (Å²) in [5, 5.41) is 2.94. The Balaban J connectivity index is 1.96. The molecule has 1 aliphatic heterocycles. The molecule has 1 heterocycles. The highest BCUT2D eigenvalue weighted by Gasteiger charge is 2.41. The number of benzene rings is 2. The van der Waals surface area contributed by atoms with Crippen LogP contribution in [0.5, 0.6) is 0 Å². The first-order chi connectivity index (χ1) is 12.3. The number of anilines is 2. The number of aryl methyl sites for hydroxylation is 3. The zero-order chi connectivity index (χ0) is 19.0. The molecule has 2 aromatic rings. The first kappa shape index (κ1) is 17.9. The van der Waals surface area contributed by atoms with Crippen molar-refractivity contribution < 1.29 is 14.4 Å². The molecule has 0 saturated carbocycles. The highest BCUT2D eigenvalue weighted by molar-refractivity contribution is 6.53. The van der Waals surface area contributed by atoms with E-state index in [-0.39, 0.29) is 5.91 Å². The van der Waals surface area contributed by atoms with Crippen LogP contribution >= 0.6 is 0 Å².